The van der Waals surface area contributed by atoms with Crippen molar-refractivity contribution in [3.05, 3.63) is 39.2 Å². The number of phenols is 1. The molecule has 1 aromatic carbocycles. The molecule has 18 heavy (non-hydrogen) atoms. The lowest BCUT2D eigenvalue weighted by atomic mass is 10.1. The van der Waals surface area contributed by atoms with Gasteiger partial charge < -0.3 is 14.3 Å². The third-order valence-electron chi connectivity index (χ3n) is 2.46. The highest BCUT2D eigenvalue weighted by atomic mass is 35.5. The Morgan fingerprint density at radius 3 is 2.83 bits per heavy atom. The van der Waals surface area contributed by atoms with Crippen molar-refractivity contribution in [1.82, 2.24) is 0 Å². The summed E-state index contributed by atoms with van der Waals surface area (Å²) >= 11 is 5.78. The second kappa shape index (κ2) is 4.70. The number of rotatable bonds is 2. The van der Waals surface area contributed by atoms with Crippen LogP contribution in [0.5, 0.6) is 5.75 Å². The van der Waals surface area contributed by atoms with Gasteiger partial charge in [-0.3, -0.25) is 4.79 Å². The molecule has 0 saturated carbocycles. The van der Waals surface area contributed by atoms with Crippen LogP contribution in [0.2, 0.25) is 5.02 Å². The second-order valence-electron chi connectivity index (χ2n) is 3.64. The van der Waals surface area contributed by atoms with Gasteiger partial charge in [-0.05, 0) is 11.6 Å². The van der Waals surface area contributed by atoms with Gasteiger partial charge in [-0.15, -0.1) is 0 Å². The highest BCUT2D eigenvalue weighted by molar-refractivity contribution is 6.32. The number of benzene rings is 1. The van der Waals surface area contributed by atoms with Crippen molar-refractivity contribution < 1.29 is 19.1 Å². The molecule has 94 valence electrons. The topological polar surface area (TPSA) is 76.7 Å². The number of carbonyl (C=O) groups excluding carboxylic acids is 1. The monoisotopic (exact) mass is 268 g/mol. The van der Waals surface area contributed by atoms with Crippen molar-refractivity contribution in [3.8, 4) is 5.75 Å². The first-order valence-electron chi connectivity index (χ1n) is 5.03. The summed E-state index contributed by atoms with van der Waals surface area (Å²) in [6.07, 6.45) is -0.0697. The number of esters is 1. The molecule has 6 heteroatoms. The Morgan fingerprint density at radius 1 is 1.44 bits per heavy atom. The maximum absolute atomic E-state index is 11.3. The number of carbonyl (C=O) groups is 1. The smallest absolute Gasteiger partial charge is 0.336 e. The van der Waals surface area contributed by atoms with Crippen LogP contribution in [0.4, 0.5) is 0 Å². The van der Waals surface area contributed by atoms with Gasteiger partial charge in [-0.25, -0.2) is 4.79 Å². The van der Waals surface area contributed by atoms with Gasteiger partial charge in [0.1, 0.15) is 11.3 Å². The van der Waals surface area contributed by atoms with E-state index in [9.17, 15) is 14.7 Å². The minimum atomic E-state index is -0.608. The van der Waals surface area contributed by atoms with E-state index in [0.717, 1.165) is 0 Å². The number of ether oxygens (including phenoxy) is 1. The number of fused-ring (bicyclic) bond motifs is 1. The first-order chi connectivity index (χ1) is 8.51. The number of aromatic hydroxyl groups is 1. The van der Waals surface area contributed by atoms with E-state index in [1.165, 1.54) is 25.3 Å². The zero-order chi connectivity index (χ0) is 13.3. The van der Waals surface area contributed by atoms with Crippen molar-refractivity contribution >= 4 is 28.5 Å². The fourth-order valence-electron chi connectivity index (χ4n) is 1.61. The maximum atomic E-state index is 11.3. The Morgan fingerprint density at radius 2 is 2.17 bits per heavy atom. The molecule has 0 atom stereocenters. The molecular weight excluding hydrogens is 260 g/mol. The van der Waals surface area contributed by atoms with E-state index in [4.69, 9.17) is 16.0 Å². The summed E-state index contributed by atoms with van der Waals surface area (Å²) in [5.41, 5.74) is 0.00132. The minimum absolute atomic E-state index is 0.0697. The largest absolute Gasteiger partial charge is 0.506 e. The number of phenolic OH excluding ortho intramolecular Hbond substituents is 1. The normalized spacial score (nSPS) is 10.6. The Labute approximate surface area is 107 Å². The van der Waals surface area contributed by atoms with E-state index >= 15 is 0 Å². The third-order valence-corrected chi connectivity index (χ3v) is 2.76. The summed E-state index contributed by atoms with van der Waals surface area (Å²) in [4.78, 5) is 22.6. The molecule has 5 nitrogen and oxygen atoms in total. The van der Waals surface area contributed by atoms with Gasteiger partial charge in [-0.1, -0.05) is 11.6 Å². The molecule has 2 aromatic rings. The third kappa shape index (κ3) is 2.31. The van der Waals surface area contributed by atoms with Gasteiger partial charge in [0.05, 0.1) is 18.6 Å². The predicted octanol–water partition coefficient (Wildman–Crippen LogP) is 1.87. The maximum Gasteiger partial charge on any atom is 0.336 e. The zero-order valence-corrected chi connectivity index (χ0v) is 10.2. The molecule has 0 radical (unpaired) electrons. The van der Waals surface area contributed by atoms with Crippen molar-refractivity contribution in [2.45, 2.75) is 6.42 Å². The van der Waals surface area contributed by atoms with Gasteiger partial charge in [-0.2, -0.15) is 0 Å². The molecule has 1 N–H and O–H groups in total. The molecular formula is C12H9ClO5. The summed E-state index contributed by atoms with van der Waals surface area (Å²) in [6, 6.07) is 3.87. The summed E-state index contributed by atoms with van der Waals surface area (Å²) < 4.78 is 9.47. The van der Waals surface area contributed by atoms with Gasteiger partial charge in [0, 0.05) is 17.5 Å². The average molecular weight is 269 g/mol. The van der Waals surface area contributed by atoms with E-state index in [-0.39, 0.29) is 22.8 Å². The molecule has 2 rings (SSSR count). The number of hydrogen-bond acceptors (Lipinski definition) is 5. The highest BCUT2D eigenvalue weighted by Crippen LogP contribution is 2.30. The lowest BCUT2D eigenvalue weighted by Crippen LogP contribution is -2.08. The molecule has 0 aliphatic rings. The Hall–Kier alpha value is -2.01. The fourth-order valence-corrected chi connectivity index (χ4v) is 1.77. The molecule has 0 aliphatic heterocycles. The molecule has 1 aromatic heterocycles. The Bertz CT molecular complexity index is 674. The number of halogens is 1. The van der Waals surface area contributed by atoms with Crippen LogP contribution in [0, 0.1) is 0 Å². The van der Waals surface area contributed by atoms with E-state index in [1.807, 2.05) is 0 Å². The second-order valence-corrected chi connectivity index (χ2v) is 4.05. The Balaban J connectivity index is 2.68. The summed E-state index contributed by atoms with van der Waals surface area (Å²) in [5, 5.41) is 10.0. The molecule has 1 heterocycles. The molecule has 0 unspecified atom stereocenters. The predicted molar refractivity (Wildman–Crippen MR) is 64.9 cm³/mol. The van der Waals surface area contributed by atoms with E-state index < -0.39 is 11.6 Å². The van der Waals surface area contributed by atoms with Crippen molar-refractivity contribution in [3.63, 3.8) is 0 Å². The standard InChI is InChI=1S/C12H9ClO5/c1-17-11(15)2-6-3-12(16)18-10-5-9(14)8(13)4-7(6)10/h3-5,14H,2H2,1H3. The lowest BCUT2D eigenvalue weighted by Gasteiger charge is -2.05. The van der Waals surface area contributed by atoms with E-state index in [2.05, 4.69) is 4.74 Å². The molecule has 0 saturated heterocycles. The van der Waals surface area contributed by atoms with Crippen molar-refractivity contribution in [2.24, 2.45) is 0 Å². The summed E-state index contributed by atoms with van der Waals surface area (Å²) in [7, 11) is 1.26. The summed E-state index contributed by atoms with van der Waals surface area (Å²) in [5.74, 6) is -0.673. The average Bonchev–Trinajstić information content (AvgIpc) is 2.31. The van der Waals surface area contributed by atoms with Crippen molar-refractivity contribution in [2.75, 3.05) is 7.11 Å². The highest BCUT2D eigenvalue weighted by Gasteiger charge is 2.12. The quantitative estimate of drug-likeness (QED) is 0.665. The van der Waals surface area contributed by atoms with Crippen molar-refractivity contribution in [1.29, 1.82) is 0 Å². The van der Waals surface area contributed by atoms with Crippen LogP contribution in [-0.4, -0.2) is 18.2 Å². The first kappa shape index (κ1) is 12.4. The van der Waals surface area contributed by atoms with Crippen LogP contribution in [0.25, 0.3) is 11.0 Å². The van der Waals surface area contributed by atoms with Crippen LogP contribution in [0.3, 0.4) is 0 Å². The van der Waals surface area contributed by atoms with Gasteiger partial charge in [0.15, 0.2) is 0 Å². The van der Waals surface area contributed by atoms with Crippen LogP contribution in [0.1, 0.15) is 5.56 Å². The van der Waals surface area contributed by atoms with Crippen LogP contribution in [-0.2, 0) is 16.0 Å². The van der Waals surface area contributed by atoms with Gasteiger partial charge >= 0.3 is 11.6 Å². The minimum Gasteiger partial charge on any atom is -0.506 e. The first-order valence-corrected chi connectivity index (χ1v) is 5.41. The van der Waals surface area contributed by atoms with E-state index in [1.54, 1.807) is 0 Å². The molecule has 0 fully saturated rings. The molecule has 0 spiro atoms. The lowest BCUT2D eigenvalue weighted by molar-refractivity contribution is -0.139. The van der Waals surface area contributed by atoms with E-state index in [0.29, 0.717) is 10.9 Å². The fraction of sp³-hybridized carbons (Fsp3) is 0.167. The van der Waals surface area contributed by atoms with Crippen LogP contribution in [0.15, 0.2) is 27.4 Å². The van der Waals surface area contributed by atoms with Gasteiger partial charge in [0.2, 0.25) is 0 Å². The van der Waals surface area contributed by atoms with Crippen LogP contribution >= 0.6 is 11.6 Å². The number of methoxy groups -OCH3 is 1. The van der Waals surface area contributed by atoms with Crippen LogP contribution < -0.4 is 5.63 Å². The molecule has 0 bridgehead atoms. The zero-order valence-electron chi connectivity index (χ0n) is 9.40. The SMILES string of the molecule is COC(=O)Cc1cc(=O)oc2cc(O)c(Cl)cc12. The molecule has 0 amide bonds. The van der Waals surface area contributed by atoms with Gasteiger partial charge in [0.25, 0.3) is 0 Å². The molecule has 0 aliphatic carbocycles. The number of hydrogen-bond donors (Lipinski definition) is 1. The summed E-state index contributed by atoms with van der Waals surface area (Å²) in [6.45, 7) is 0. The Kier molecular flexibility index (Phi) is 3.25.